The fraction of sp³-hybridized carbons (Fsp3) is 0.316. The van der Waals surface area contributed by atoms with Crippen LogP contribution in [0.4, 0.5) is 4.39 Å². The Balaban J connectivity index is 1.55. The number of hydrogen-bond acceptors (Lipinski definition) is 4. The molecule has 0 fully saturated rings. The van der Waals surface area contributed by atoms with Gasteiger partial charge in [0.05, 0.1) is 7.11 Å². The van der Waals surface area contributed by atoms with Crippen LogP contribution in [0.3, 0.4) is 0 Å². The number of halogens is 1. The van der Waals surface area contributed by atoms with E-state index in [9.17, 15) is 9.18 Å². The molecule has 1 amide bonds. The third-order valence-electron chi connectivity index (χ3n) is 4.13. The summed E-state index contributed by atoms with van der Waals surface area (Å²) in [4.78, 5) is 13.9. The van der Waals surface area contributed by atoms with Crippen molar-refractivity contribution in [3.63, 3.8) is 0 Å². The number of nitrogens with zero attached hydrogens (tertiary/aromatic N) is 1. The molecule has 1 aliphatic rings. The third kappa shape index (κ3) is 4.02. The first-order valence-electron chi connectivity index (χ1n) is 8.01. The van der Waals surface area contributed by atoms with E-state index < -0.39 is 5.82 Å². The fourth-order valence-electron chi connectivity index (χ4n) is 2.71. The van der Waals surface area contributed by atoms with Crippen LogP contribution < -0.4 is 14.2 Å². The maximum Gasteiger partial charge on any atom is 0.231 e. The van der Waals surface area contributed by atoms with Gasteiger partial charge in [0.2, 0.25) is 12.7 Å². The van der Waals surface area contributed by atoms with Crippen LogP contribution in [0.5, 0.6) is 17.2 Å². The largest absolute Gasteiger partial charge is 0.494 e. The topological polar surface area (TPSA) is 48.0 Å². The van der Waals surface area contributed by atoms with E-state index in [0.717, 1.165) is 16.9 Å². The second kappa shape index (κ2) is 7.42. The maximum atomic E-state index is 13.7. The van der Waals surface area contributed by atoms with Gasteiger partial charge >= 0.3 is 0 Å². The van der Waals surface area contributed by atoms with Crippen molar-refractivity contribution in [2.75, 3.05) is 21.0 Å². The zero-order valence-corrected chi connectivity index (χ0v) is 14.3. The van der Waals surface area contributed by atoms with Crippen LogP contribution >= 0.6 is 0 Å². The monoisotopic (exact) mass is 345 g/mol. The van der Waals surface area contributed by atoms with Gasteiger partial charge in [-0.3, -0.25) is 4.79 Å². The Kier molecular flexibility index (Phi) is 5.07. The van der Waals surface area contributed by atoms with Gasteiger partial charge in [0.25, 0.3) is 0 Å². The molecule has 2 aromatic rings. The van der Waals surface area contributed by atoms with Gasteiger partial charge < -0.3 is 19.1 Å². The van der Waals surface area contributed by atoms with Crippen molar-refractivity contribution in [2.24, 2.45) is 0 Å². The molecule has 2 aromatic carbocycles. The van der Waals surface area contributed by atoms with Crippen LogP contribution in [-0.4, -0.2) is 31.8 Å². The zero-order chi connectivity index (χ0) is 17.8. The number of carbonyl (C=O) groups excluding carboxylic acids is 1. The molecule has 0 bridgehead atoms. The normalized spacial score (nSPS) is 12.1. The zero-order valence-electron chi connectivity index (χ0n) is 14.3. The Labute approximate surface area is 145 Å². The van der Waals surface area contributed by atoms with Gasteiger partial charge in [-0.25, -0.2) is 4.39 Å². The maximum absolute atomic E-state index is 13.7. The van der Waals surface area contributed by atoms with Crippen molar-refractivity contribution < 1.29 is 23.4 Å². The average Bonchev–Trinajstić information content (AvgIpc) is 3.07. The second-order valence-corrected chi connectivity index (χ2v) is 5.91. The molecule has 0 radical (unpaired) electrons. The molecule has 0 saturated heterocycles. The first-order chi connectivity index (χ1) is 12.1. The van der Waals surface area contributed by atoms with E-state index in [2.05, 4.69) is 0 Å². The number of hydrogen-bond donors (Lipinski definition) is 0. The number of methoxy groups -OCH3 is 1. The lowest BCUT2D eigenvalue weighted by Gasteiger charge is -2.18. The third-order valence-corrected chi connectivity index (χ3v) is 4.13. The van der Waals surface area contributed by atoms with Crippen molar-refractivity contribution in [3.05, 3.63) is 53.3 Å². The first kappa shape index (κ1) is 17.1. The van der Waals surface area contributed by atoms with Crippen LogP contribution in [0.25, 0.3) is 0 Å². The lowest BCUT2D eigenvalue weighted by atomic mass is 10.1. The summed E-state index contributed by atoms with van der Waals surface area (Å²) in [5.41, 5.74) is 1.73. The van der Waals surface area contributed by atoms with Gasteiger partial charge in [-0.05, 0) is 41.8 Å². The van der Waals surface area contributed by atoms with Crippen molar-refractivity contribution in [3.8, 4) is 17.2 Å². The van der Waals surface area contributed by atoms with Crippen LogP contribution in [0, 0.1) is 5.82 Å². The number of aryl methyl sites for hydroxylation is 1. The molecule has 0 unspecified atom stereocenters. The molecule has 0 N–H and O–H groups in total. The van der Waals surface area contributed by atoms with Crippen LogP contribution in [0.1, 0.15) is 17.5 Å². The molecule has 6 heteroatoms. The van der Waals surface area contributed by atoms with Crippen molar-refractivity contribution >= 4 is 5.91 Å². The fourth-order valence-corrected chi connectivity index (χ4v) is 2.71. The van der Waals surface area contributed by atoms with Gasteiger partial charge in [-0.1, -0.05) is 12.1 Å². The Morgan fingerprint density at radius 3 is 2.68 bits per heavy atom. The Morgan fingerprint density at radius 1 is 1.16 bits per heavy atom. The highest BCUT2D eigenvalue weighted by Crippen LogP contribution is 2.32. The van der Waals surface area contributed by atoms with Gasteiger partial charge in [-0.15, -0.1) is 0 Å². The van der Waals surface area contributed by atoms with Gasteiger partial charge in [-0.2, -0.15) is 0 Å². The standard InChI is InChI=1S/C19H20FNO4/c1-21(11-14-4-6-16(23-2)15(20)9-14)19(22)8-5-13-3-7-17-18(10-13)25-12-24-17/h3-4,6-7,9-10H,5,8,11-12H2,1-2H3. The number of benzene rings is 2. The molecule has 3 rings (SSSR count). The lowest BCUT2D eigenvalue weighted by molar-refractivity contribution is -0.130. The predicted molar refractivity (Wildman–Crippen MR) is 90.3 cm³/mol. The minimum absolute atomic E-state index is 0.00565. The molecule has 0 atom stereocenters. The molecule has 25 heavy (non-hydrogen) atoms. The molecule has 0 spiro atoms. The molecule has 0 aromatic heterocycles. The quantitative estimate of drug-likeness (QED) is 0.807. The SMILES string of the molecule is COc1ccc(CN(C)C(=O)CCc2ccc3c(c2)OCO3)cc1F. The summed E-state index contributed by atoms with van der Waals surface area (Å²) in [6.07, 6.45) is 0.978. The Morgan fingerprint density at radius 2 is 1.92 bits per heavy atom. The van der Waals surface area contributed by atoms with Gasteiger partial charge in [0.1, 0.15) is 0 Å². The molecule has 0 aliphatic carbocycles. The summed E-state index contributed by atoms with van der Waals surface area (Å²) in [5, 5.41) is 0. The molecule has 5 nitrogen and oxygen atoms in total. The molecule has 1 heterocycles. The van der Waals surface area contributed by atoms with E-state index in [-0.39, 0.29) is 18.4 Å². The van der Waals surface area contributed by atoms with Crippen LogP contribution in [0.2, 0.25) is 0 Å². The number of fused-ring (bicyclic) bond motifs is 1. The second-order valence-electron chi connectivity index (χ2n) is 5.91. The van der Waals surface area contributed by atoms with E-state index in [1.54, 1.807) is 24.1 Å². The van der Waals surface area contributed by atoms with E-state index >= 15 is 0 Å². The van der Waals surface area contributed by atoms with Crippen LogP contribution in [0.15, 0.2) is 36.4 Å². The van der Waals surface area contributed by atoms with E-state index in [1.807, 2.05) is 18.2 Å². The average molecular weight is 345 g/mol. The highest BCUT2D eigenvalue weighted by Gasteiger charge is 2.15. The molecular formula is C19H20FNO4. The predicted octanol–water partition coefficient (Wildman–Crippen LogP) is 3.15. The van der Waals surface area contributed by atoms with Crippen molar-refractivity contribution in [2.45, 2.75) is 19.4 Å². The summed E-state index contributed by atoms with van der Waals surface area (Å²) >= 11 is 0. The van der Waals surface area contributed by atoms with E-state index in [4.69, 9.17) is 14.2 Å². The van der Waals surface area contributed by atoms with Gasteiger partial charge in [0, 0.05) is 20.0 Å². The minimum atomic E-state index is -0.429. The highest BCUT2D eigenvalue weighted by molar-refractivity contribution is 5.76. The molecule has 0 saturated carbocycles. The van der Waals surface area contributed by atoms with Crippen molar-refractivity contribution in [1.82, 2.24) is 4.90 Å². The van der Waals surface area contributed by atoms with E-state index in [0.29, 0.717) is 25.1 Å². The summed E-state index contributed by atoms with van der Waals surface area (Å²) in [5.74, 6) is 1.20. The molecular weight excluding hydrogens is 325 g/mol. The summed E-state index contributed by atoms with van der Waals surface area (Å²) in [6.45, 7) is 0.583. The van der Waals surface area contributed by atoms with Gasteiger partial charge in [0.15, 0.2) is 23.1 Å². The summed E-state index contributed by atoms with van der Waals surface area (Å²) in [7, 11) is 3.13. The number of carbonyl (C=O) groups is 1. The Hall–Kier alpha value is -2.76. The highest BCUT2D eigenvalue weighted by atomic mass is 19.1. The van der Waals surface area contributed by atoms with Crippen LogP contribution in [-0.2, 0) is 17.8 Å². The lowest BCUT2D eigenvalue weighted by Crippen LogP contribution is -2.26. The van der Waals surface area contributed by atoms with E-state index in [1.165, 1.54) is 13.2 Å². The number of rotatable bonds is 6. The molecule has 1 aliphatic heterocycles. The van der Waals surface area contributed by atoms with Crippen molar-refractivity contribution in [1.29, 1.82) is 0 Å². The summed E-state index contributed by atoms with van der Waals surface area (Å²) < 4.78 is 29.2. The number of ether oxygens (including phenoxy) is 3. The first-order valence-corrected chi connectivity index (χ1v) is 8.01. The minimum Gasteiger partial charge on any atom is -0.494 e. The summed E-state index contributed by atoms with van der Waals surface area (Å²) in [6, 6.07) is 10.4. The number of amides is 1. The molecule has 132 valence electrons. The smallest absolute Gasteiger partial charge is 0.231 e. The Bertz CT molecular complexity index is 778.